The van der Waals surface area contributed by atoms with Crippen molar-refractivity contribution in [1.29, 1.82) is 0 Å². The standard InChI is InChI=1S/C19H17NO4/c1-2-24-18(22)11-13-7-9-15(10-8-13)20-17(21)12-14-5-3-4-6-16(14)19(20)23/h3-10H,2,11-12H2,1H3. The first-order valence-corrected chi connectivity index (χ1v) is 7.80. The third kappa shape index (κ3) is 3.06. The number of benzene rings is 2. The molecular weight excluding hydrogens is 306 g/mol. The number of carbonyl (C=O) groups is 3. The van der Waals surface area contributed by atoms with E-state index >= 15 is 0 Å². The number of nitrogens with zero attached hydrogens (tertiary/aromatic N) is 1. The molecule has 2 amide bonds. The van der Waals surface area contributed by atoms with Gasteiger partial charge in [-0.2, -0.15) is 0 Å². The smallest absolute Gasteiger partial charge is 0.310 e. The number of fused-ring (bicyclic) bond motifs is 1. The second-order valence-electron chi connectivity index (χ2n) is 5.52. The molecular formula is C19H17NO4. The van der Waals surface area contributed by atoms with Crippen LogP contribution in [0.15, 0.2) is 48.5 Å². The Bertz CT molecular complexity index is 795. The van der Waals surface area contributed by atoms with Gasteiger partial charge in [0.15, 0.2) is 0 Å². The molecule has 0 fully saturated rings. The molecule has 0 radical (unpaired) electrons. The van der Waals surface area contributed by atoms with E-state index in [1.807, 2.05) is 6.07 Å². The third-order valence-corrected chi connectivity index (χ3v) is 3.89. The van der Waals surface area contributed by atoms with E-state index in [0.29, 0.717) is 17.9 Å². The molecule has 24 heavy (non-hydrogen) atoms. The molecule has 1 aliphatic rings. The Labute approximate surface area is 139 Å². The first kappa shape index (κ1) is 15.9. The highest BCUT2D eigenvalue weighted by Gasteiger charge is 2.31. The minimum absolute atomic E-state index is 0.166. The highest BCUT2D eigenvalue weighted by atomic mass is 16.5. The molecule has 1 aliphatic heterocycles. The number of imide groups is 1. The van der Waals surface area contributed by atoms with Crippen molar-refractivity contribution in [1.82, 2.24) is 0 Å². The number of esters is 1. The Balaban J connectivity index is 1.83. The van der Waals surface area contributed by atoms with Gasteiger partial charge in [0.25, 0.3) is 5.91 Å². The molecule has 2 aromatic rings. The summed E-state index contributed by atoms with van der Waals surface area (Å²) in [7, 11) is 0. The fraction of sp³-hybridized carbons (Fsp3) is 0.211. The first-order valence-electron chi connectivity index (χ1n) is 7.80. The van der Waals surface area contributed by atoms with Crippen LogP contribution < -0.4 is 4.90 Å². The van der Waals surface area contributed by atoms with Crippen LogP contribution in [-0.2, 0) is 27.2 Å². The summed E-state index contributed by atoms with van der Waals surface area (Å²) in [6, 6.07) is 13.9. The summed E-state index contributed by atoms with van der Waals surface area (Å²) in [6.07, 6.45) is 0.366. The van der Waals surface area contributed by atoms with Gasteiger partial charge in [0.1, 0.15) is 0 Å². The van der Waals surface area contributed by atoms with E-state index in [-0.39, 0.29) is 30.6 Å². The molecule has 0 saturated heterocycles. The molecule has 0 aliphatic carbocycles. The maximum Gasteiger partial charge on any atom is 0.310 e. The lowest BCUT2D eigenvalue weighted by molar-refractivity contribution is -0.142. The van der Waals surface area contributed by atoms with E-state index in [4.69, 9.17) is 4.74 Å². The van der Waals surface area contributed by atoms with Gasteiger partial charge in [0, 0.05) is 5.56 Å². The number of anilines is 1. The summed E-state index contributed by atoms with van der Waals surface area (Å²) >= 11 is 0. The maximum absolute atomic E-state index is 12.6. The van der Waals surface area contributed by atoms with Crippen LogP contribution in [0.25, 0.3) is 0 Å². The van der Waals surface area contributed by atoms with Gasteiger partial charge in [-0.15, -0.1) is 0 Å². The Morgan fingerprint density at radius 2 is 1.79 bits per heavy atom. The van der Waals surface area contributed by atoms with E-state index in [0.717, 1.165) is 11.1 Å². The molecule has 5 heteroatoms. The van der Waals surface area contributed by atoms with Gasteiger partial charge in [-0.1, -0.05) is 30.3 Å². The molecule has 0 unspecified atom stereocenters. The number of hydrogen-bond acceptors (Lipinski definition) is 4. The topological polar surface area (TPSA) is 63.7 Å². The van der Waals surface area contributed by atoms with Crippen LogP contribution in [0.5, 0.6) is 0 Å². The normalized spacial score (nSPS) is 13.6. The Kier molecular flexibility index (Phi) is 4.42. The van der Waals surface area contributed by atoms with Crippen molar-refractivity contribution in [2.45, 2.75) is 19.8 Å². The number of rotatable bonds is 4. The Morgan fingerprint density at radius 3 is 2.50 bits per heavy atom. The van der Waals surface area contributed by atoms with Gasteiger partial charge in [0.2, 0.25) is 5.91 Å². The average Bonchev–Trinajstić information content (AvgIpc) is 2.56. The largest absolute Gasteiger partial charge is 0.466 e. The zero-order valence-electron chi connectivity index (χ0n) is 13.3. The molecule has 0 N–H and O–H groups in total. The van der Waals surface area contributed by atoms with Crippen molar-refractivity contribution in [3.63, 3.8) is 0 Å². The summed E-state index contributed by atoms with van der Waals surface area (Å²) in [5.74, 6) is -0.874. The quantitative estimate of drug-likeness (QED) is 0.641. The van der Waals surface area contributed by atoms with Gasteiger partial charge < -0.3 is 4.74 Å². The molecule has 3 rings (SSSR count). The minimum Gasteiger partial charge on any atom is -0.466 e. The number of carbonyl (C=O) groups excluding carboxylic acids is 3. The van der Waals surface area contributed by atoms with Crippen LogP contribution >= 0.6 is 0 Å². The zero-order chi connectivity index (χ0) is 17.1. The van der Waals surface area contributed by atoms with E-state index in [2.05, 4.69) is 0 Å². The molecule has 2 aromatic carbocycles. The predicted molar refractivity (Wildman–Crippen MR) is 88.7 cm³/mol. The van der Waals surface area contributed by atoms with E-state index in [1.165, 1.54) is 4.90 Å². The van der Waals surface area contributed by atoms with Crippen LogP contribution in [0.2, 0.25) is 0 Å². The maximum atomic E-state index is 12.6. The molecule has 1 heterocycles. The lowest BCUT2D eigenvalue weighted by Gasteiger charge is -2.26. The fourth-order valence-electron chi connectivity index (χ4n) is 2.76. The lowest BCUT2D eigenvalue weighted by atomic mass is 9.98. The van der Waals surface area contributed by atoms with E-state index in [9.17, 15) is 14.4 Å². The van der Waals surface area contributed by atoms with Crippen molar-refractivity contribution in [2.24, 2.45) is 0 Å². The van der Waals surface area contributed by atoms with Crippen molar-refractivity contribution in [3.8, 4) is 0 Å². The fourth-order valence-corrected chi connectivity index (χ4v) is 2.76. The highest BCUT2D eigenvalue weighted by molar-refractivity contribution is 6.24. The van der Waals surface area contributed by atoms with Crippen LogP contribution in [0, 0.1) is 0 Å². The van der Waals surface area contributed by atoms with Crippen LogP contribution in [0.3, 0.4) is 0 Å². The molecule has 0 saturated carbocycles. The Morgan fingerprint density at radius 1 is 1.08 bits per heavy atom. The highest BCUT2D eigenvalue weighted by Crippen LogP contribution is 2.25. The summed E-state index contributed by atoms with van der Waals surface area (Å²) in [5, 5.41) is 0. The second-order valence-corrected chi connectivity index (χ2v) is 5.52. The average molecular weight is 323 g/mol. The number of hydrogen-bond donors (Lipinski definition) is 0. The second kappa shape index (κ2) is 6.66. The summed E-state index contributed by atoms with van der Waals surface area (Å²) in [6.45, 7) is 2.10. The van der Waals surface area contributed by atoms with Crippen LogP contribution in [-0.4, -0.2) is 24.4 Å². The van der Waals surface area contributed by atoms with Gasteiger partial charge in [-0.3, -0.25) is 14.4 Å². The molecule has 0 spiro atoms. The van der Waals surface area contributed by atoms with E-state index < -0.39 is 0 Å². The van der Waals surface area contributed by atoms with Gasteiger partial charge >= 0.3 is 5.97 Å². The first-order chi connectivity index (χ1) is 11.6. The third-order valence-electron chi connectivity index (χ3n) is 3.89. The molecule has 122 valence electrons. The monoisotopic (exact) mass is 323 g/mol. The Hall–Kier alpha value is -2.95. The van der Waals surface area contributed by atoms with Crippen molar-refractivity contribution in [2.75, 3.05) is 11.5 Å². The molecule has 0 aromatic heterocycles. The van der Waals surface area contributed by atoms with E-state index in [1.54, 1.807) is 49.4 Å². The number of ether oxygens (including phenoxy) is 1. The molecule has 5 nitrogen and oxygen atoms in total. The summed E-state index contributed by atoms with van der Waals surface area (Å²) in [5.41, 5.74) is 2.58. The van der Waals surface area contributed by atoms with Gasteiger partial charge in [-0.25, -0.2) is 4.90 Å². The van der Waals surface area contributed by atoms with Crippen molar-refractivity contribution in [3.05, 3.63) is 65.2 Å². The zero-order valence-corrected chi connectivity index (χ0v) is 13.3. The van der Waals surface area contributed by atoms with Crippen molar-refractivity contribution >= 4 is 23.5 Å². The summed E-state index contributed by atoms with van der Waals surface area (Å²) < 4.78 is 4.91. The molecule has 0 atom stereocenters. The predicted octanol–water partition coefficient (Wildman–Crippen LogP) is 2.52. The minimum atomic E-state index is -0.319. The van der Waals surface area contributed by atoms with Crippen LogP contribution in [0.4, 0.5) is 5.69 Å². The SMILES string of the molecule is CCOC(=O)Cc1ccc(N2C(=O)Cc3ccccc3C2=O)cc1. The van der Waals surface area contributed by atoms with Crippen molar-refractivity contribution < 1.29 is 19.1 Å². The van der Waals surface area contributed by atoms with Crippen LogP contribution in [0.1, 0.15) is 28.4 Å². The lowest BCUT2D eigenvalue weighted by Crippen LogP contribution is -2.42. The van der Waals surface area contributed by atoms with Gasteiger partial charge in [-0.05, 0) is 36.2 Å². The van der Waals surface area contributed by atoms with Gasteiger partial charge in [0.05, 0.1) is 25.1 Å². The number of amides is 2. The summed E-state index contributed by atoms with van der Waals surface area (Å²) in [4.78, 5) is 37.6. The molecule has 0 bridgehead atoms.